The summed E-state index contributed by atoms with van der Waals surface area (Å²) >= 11 is 0. The number of likely N-dealkylation sites (tertiary alicyclic amines) is 1. The number of carbonyl (C=O) groups is 1. The highest BCUT2D eigenvalue weighted by Gasteiger charge is 2.26. The minimum Gasteiger partial charge on any atom is -0.340 e. The quantitative estimate of drug-likeness (QED) is 0.679. The van der Waals surface area contributed by atoms with Gasteiger partial charge in [0.15, 0.2) is 0 Å². The highest BCUT2D eigenvalue weighted by atomic mass is 16.2. The first-order valence-electron chi connectivity index (χ1n) is 4.79. The molecule has 0 aromatic carbocycles. The van der Waals surface area contributed by atoms with E-state index in [1.807, 2.05) is 4.90 Å². The normalized spacial score (nSPS) is 23.2. The van der Waals surface area contributed by atoms with Gasteiger partial charge in [0.05, 0.1) is 0 Å². The van der Waals surface area contributed by atoms with Crippen LogP contribution in [0.5, 0.6) is 0 Å². The van der Waals surface area contributed by atoms with E-state index in [4.69, 9.17) is 5.73 Å². The van der Waals surface area contributed by atoms with Gasteiger partial charge in [0.25, 0.3) is 0 Å². The second kappa shape index (κ2) is 4.45. The van der Waals surface area contributed by atoms with Crippen molar-refractivity contribution >= 4 is 5.91 Å². The van der Waals surface area contributed by atoms with Gasteiger partial charge in [-0.05, 0) is 19.3 Å². The molecule has 1 aliphatic heterocycles. The first kappa shape index (κ1) is 9.52. The third-order valence-electron chi connectivity index (χ3n) is 2.53. The van der Waals surface area contributed by atoms with E-state index in [-0.39, 0.29) is 5.91 Å². The van der Waals surface area contributed by atoms with E-state index >= 15 is 0 Å². The van der Waals surface area contributed by atoms with E-state index in [0.29, 0.717) is 19.0 Å². The summed E-state index contributed by atoms with van der Waals surface area (Å²) in [4.78, 5) is 13.5. The summed E-state index contributed by atoms with van der Waals surface area (Å²) in [5, 5.41) is 0. The van der Waals surface area contributed by atoms with Crippen LogP contribution in [0.3, 0.4) is 0 Å². The summed E-state index contributed by atoms with van der Waals surface area (Å²) in [5.74, 6) is 0.238. The molecule has 1 atom stereocenters. The Hall–Kier alpha value is -0.570. The largest absolute Gasteiger partial charge is 0.340 e. The monoisotopic (exact) mass is 170 g/mol. The minimum absolute atomic E-state index is 0.238. The summed E-state index contributed by atoms with van der Waals surface area (Å²) in [6.45, 7) is 3.56. The second-order valence-electron chi connectivity index (χ2n) is 3.33. The van der Waals surface area contributed by atoms with Crippen molar-refractivity contribution in [2.75, 3.05) is 13.1 Å². The fourth-order valence-corrected chi connectivity index (χ4v) is 1.86. The number of carbonyl (C=O) groups excluding carboxylic acids is 1. The van der Waals surface area contributed by atoms with Crippen molar-refractivity contribution in [3.05, 3.63) is 0 Å². The van der Waals surface area contributed by atoms with Crippen LogP contribution in [0.25, 0.3) is 0 Å². The number of hydrogen-bond donors (Lipinski definition) is 1. The molecule has 0 aliphatic carbocycles. The molecule has 2 N–H and O–H groups in total. The zero-order valence-electron chi connectivity index (χ0n) is 7.75. The summed E-state index contributed by atoms with van der Waals surface area (Å²) in [6.07, 6.45) is 3.93. The molecule has 0 saturated carbocycles. The Labute approximate surface area is 73.9 Å². The van der Waals surface area contributed by atoms with Crippen molar-refractivity contribution in [2.45, 2.75) is 38.6 Å². The maximum absolute atomic E-state index is 11.5. The molecule has 0 aromatic heterocycles. The summed E-state index contributed by atoms with van der Waals surface area (Å²) in [6, 6.07) is 0.490. The molecule has 1 amide bonds. The fraction of sp³-hybridized carbons (Fsp3) is 0.889. The second-order valence-corrected chi connectivity index (χ2v) is 3.33. The molecule has 3 nitrogen and oxygen atoms in total. The Morgan fingerprint density at radius 1 is 1.67 bits per heavy atom. The van der Waals surface area contributed by atoms with E-state index in [9.17, 15) is 4.79 Å². The van der Waals surface area contributed by atoms with Gasteiger partial charge < -0.3 is 10.6 Å². The minimum atomic E-state index is 0.238. The van der Waals surface area contributed by atoms with E-state index in [1.54, 1.807) is 0 Å². The van der Waals surface area contributed by atoms with E-state index in [1.165, 1.54) is 6.42 Å². The molecule has 70 valence electrons. The van der Waals surface area contributed by atoms with Crippen molar-refractivity contribution in [3.8, 4) is 0 Å². The van der Waals surface area contributed by atoms with Gasteiger partial charge in [-0.15, -0.1) is 0 Å². The van der Waals surface area contributed by atoms with Crippen LogP contribution in [0.4, 0.5) is 0 Å². The maximum Gasteiger partial charge on any atom is 0.224 e. The van der Waals surface area contributed by atoms with Crippen molar-refractivity contribution in [2.24, 2.45) is 5.73 Å². The van der Waals surface area contributed by atoms with Crippen LogP contribution < -0.4 is 5.73 Å². The molecule has 0 radical (unpaired) electrons. The molecule has 12 heavy (non-hydrogen) atoms. The Balaban J connectivity index is 2.43. The van der Waals surface area contributed by atoms with E-state index in [0.717, 1.165) is 19.4 Å². The molecular formula is C9H18N2O. The molecule has 1 rings (SSSR count). The predicted octanol–water partition coefficient (Wildman–Crippen LogP) is 0.736. The highest BCUT2D eigenvalue weighted by molar-refractivity contribution is 5.76. The zero-order chi connectivity index (χ0) is 8.97. The first-order valence-corrected chi connectivity index (χ1v) is 4.79. The lowest BCUT2D eigenvalue weighted by Gasteiger charge is -2.23. The molecule has 0 spiro atoms. The SMILES string of the molecule is CCC1CCCN1C(=O)CCN. The molecule has 0 bridgehead atoms. The van der Waals surface area contributed by atoms with Crippen LogP contribution in [-0.4, -0.2) is 29.9 Å². The number of nitrogens with two attached hydrogens (primary N) is 1. The van der Waals surface area contributed by atoms with Crippen LogP contribution in [-0.2, 0) is 4.79 Å². The van der Waals surface area contributed by atoms with E-state index in [2.05, 4.69) is 6.92 Å². The molecule has 0 aromatic rings. The van der Waals surface area contributed by atoms with Gasteiger partial charge >= 0.3 is 0 Å². The zero-order valence-corrected chi connectivity index (χ0v) is 7.75. The number of hydrogen-bond acceptors (Lipinski definition) is 2. The van der Waals surface area contributed by atoms with Crippen LogP contribution >= 0.6 is 0 Å². The van der Waals surface area contributed by atoms with Gasteiger partial charge in [-0.3, -0.25) is 4.79 Å². The Morgan fingerprint density at radius 2 is 2.42 bits per heavy atom. The van der Waals surface area contributed by atoms with Crippen LogP contribution in [0.1, 0.15) is 32.6 Å². The number of nitrogens with zero attached hydrogens (tertiary/aromatic N) is 1. The van der Waals surface area contributed by atoms with Crippen molar-refractivity contribution in [3.63, 3.8) is 0 Å². The number of amides is 1. The van der Waals surface area contributed by atoms with Crippen molar-refractivity contribution in [1.82, 2.24) is 4.90 Å². The molecular weight excluding hydrogens is 152 g/mol. The van der Waals surface area contributed by atoms with Crippen LogP contribution in [0.15, 0.2) is 0 Å². The lowest BCUT2D eigenvalue weighted by Crippen LogP contribution is -2.36. The van der Waals surface area contributed by atoms with Crippen LogP contribution in [0.2, 0.25) is 0 Å². The van der Waals surface area contributed by atoms with Gasteiger partial charge in [-0.2, -0.15) is 0 Å². The summed E-state index contributed by atoms with van der Waals surface area (Å²) in [5.41, 5.74) is 5.34. The molecule has 3 heteroatoms. The lowest BCUT2D eigenvalue weighted by atomic mass is 10.1. The van der Waals surface area contributed by atoms with Gasteiger partial charge in [0.2, 0.25) is 5.91 Å². The molecule has 1 aliphatic rings. The first-order chi connectivity index (χ1) is 5.79. The number of rotatable bonds is 3. The third-order valence-corrected chi connectivity index (χ3v) is 2.53. The topological polar surface area (TPSA) is 46.3 Å². The third kappa shape index (κ3) is 1.97. The Morgan fingerprint density at radius 3 is 3.00 bits per heavy atom. The Kier molecular flexibility index (Phi) is 3.53. The van der Waals surface area contributed by atoms with Crippen molar-refractivity contribution < 1.29 is 4.79 Å². The molecule has 1 heterocycles. The molecule has 1 fully saturated rings. The van der Waals surface area contributed by atoms with Gasteiger partial charge in [-0.1, -0.05) is 6.92 Å². The molecule has 1 unspecified atom stereocenters. The van der Waals surface area contributed by atoms with E-state index < -0.39 is 0 Å². The average Bonchev–Trinajstić information content (AvgIpc) is 2.51. The smallest absolute Gasteiger partial charge is 0.224 e. The van der Waals surface area contributed by atoms with Crippen LogP contribution in [0, 0.1) is 0 Å². The van der Waals surface area contributed by atoms with Gasteiger partial charge in [-0.25, -0.2) is 0 Å². The highest BCUT2D eigenvalue weighted by Crippen LogP contribution is 2.20. The lowest BCUT2D eigenvalue weighted by molar-refractivity contribution is -0.131. The molecule has 1 saturated heterocycles. The standard InChI is InChI=1S/C9H18N2O/c1-2-8-4-3-7-11(8)9(12)5-6-10/h8H,2-7,10H2,1H3. The van der Waals surface area contributed by atoms with Gasteiger partial charge in [0.1, 0.15) is 0 Å². The summed E-state index contributed by atoms with van der Waals surface area (Å²) in [7, 11) is 0. The fourth-order valence-electron chi connectivity index (χ4n) is 1.86. The predicted molar refractivity (Wildman–Crippen MR) is 48.7 cm³/mol. The van der Waals surface area contributed by atoms with Gasteiger partial charge in [0, 0.05) is 25.6 Å². The average molecular weight is 170 g/mol. The van der Waals surface area contributed by atoms with Crippen molar-refractivity contribution in [1.29, 1.82) is 0 Å². The maximum atomic E-state index is 11.5. The Bertz CT molecular complexity index is 159. The summed E-state index contributed by atoms with van der Waals surface area (Å²) < 4.78 is 0.